The van der Waals surface area contributed by atoms with E-state index in [1.165, 1.54) is 19.3 Å². The second-order valence-electron chi connectivity index (χ2n) is 6.32. The zero-order chi connectivity index (χ0) is 14.7. The summed E-state index contributed by atoms with van der Waals surface area (Å²) < 4.78 is 7.01. The molecule has 0 saturated heterocycles. The summed E-state index contributed by atoms with van der Waals surface area (Å²) in [6, 6.07) is 0.445. The van der Waals surface area contributed by atoms with E-state index in [4.69, 9.17) is 4.74 Å². The van der Waals surface area contributed by atoms with E-state index in [0.717, 1.165) is 32.1 Å². The zero-order valence-electron chi connectivity index (χ0n) is 12.7. The normalized spacial score (nSPS) is 21.2. The molecule has 116 valence electrons. The quantitative estimate of drug-likeness (QED) is 0.874. The van der Waals surface area contributed by atoms with Gasteiger partial charge in [-0.2, -0.15) is 0 Å². The van der Waals surface area contributed by atoms with Crippen molar-refractivity contribution in [1.82, 2.24) is 14.8 Å². The second kappa shape index (κ2) is 6.13. The van der Waals surface area contributed by atoms with Crippen LogP contribution in [0.5, 0.6) is 0 Å². The number of nitrogens with zero attached hydrogens (tertiary/aromatic N) is 3. The molecule has 0 bridgehead atoms. The van der Waals surface area contributed by atoms with E-state index >= 15 is 0 Å². The van der Waals surface area contributed by atoms with Crippen molar-refractivity contribution < 1.29 is 9.53 Å². The molecule has 6 heteroatoms. The fourth-order valence-electron chi connectivity index (χ4n) is 3.13. The number of carbonyl (C=O) groups excluding carboxylic acids is 1. The van der Waals surface area contributed by atoms with Gasteiger partial charge in [0.05, 0.1) is 11.5 Å². The summed E-state index contributed by atoms with van der Waals surface area (Å²) in [7, 11) is 1.67. The molecule has 0 atom stereocenters. The number of hydrogen-bond acceptors (Lipinski definition) is 4. The Balaban J connectivity index is 1.58. The number of rotatable bonds is 6. The molecular weight excluding hydrogens is 268 g/mol. The van der Waals surface area contributed by atoms with E-state index in [0.29, 0.717) is 18.6 Å². The Morgan fingerprint density at radius 2 is 2.19 bits per heavy atom. The Bertz CT molecular complexity index is 490. The summed E-state index contributed by atoms with van der Waals surface area (Å²) >= 11 is 0. The number of hydrogen-bond donors (Lipinski definition) is 1. The van der Waals surface area contributed by atoms with E-state index in [9.17, 15) is 4.79 Å². The molecule has 1 heterocycles. The molecule has 6 nitrogen and oxygen atoms in total. The number of ether oxygens (including phenoxy) is 1. The first-order valence-electron chi connectivity index (χ1n) is 7.95. The van der Waals surface area contributed by atoms with Gasteiger partial charge in [0.1, 0.15) is 6.33 Å². The van der Waals surface area contributed by atoms with Crippen molar-refractivity contribution in [3.05, 3.63) is 6.33 Å². The number of methoxy groups -OCH3 is 1. The highest BCUT2D eigenvalue weighted by atomic mass is 16.5. The van der Waals surface area contributed by atoms with Crippen LogP contribution in [-0.4, -0.2) is 34.4 Å². The predicted molar refractivity (Wildman–Crippen MR) is 78.9 cm³/mol. The molecule has 0 aliphatic heterocycles. The molecule has 21 heavy (non-hydrogen) atoms. The maximum absolute atomic E-state index is 12.3. The predicted octanol–water partition coefficient (Wildman–Crippen LogP) is 2.54. The molecule has 1 aromatic rings. The van der Waals surface area contributed by atoms with E-state index in [-0.39, 0.29) is 11.3 Å². The fourth-order valence-corrected chi connectivity index (χ4v) is 3.13. The number of anilines is 1. The van der Waals surface area contributed by atoms with Gasteiger partial charge in [-0.3, -0.25) is 10.1 Å². The number of carbonyl (C=O) groups is 1. The summed E-state index contributed by atoms with van der Waals surface area (Å²) in [4.78, 5) is 16.6. The van der Waals surface area contributed by atoms with E-state index < -0.39 is 0 Å². The largest absolute Gasteiger partial charge is 0.385 e. The molecule has 3 rings (SSSR count). The number of nitrogens with one attached hydrogen (secondary N) is 1. The topological polar surface area (TPSA) is 69.0 Å². The lowest BCUT2D eigenvalue weighted by Gasteiger charge is -2.21. The van der Waals surface area contributed by atoms with Crippen LogP contribution < -0.4 is 5.32 Å². The minimum absolute atomic E-state index is 0.0425. The van der Waals surface area contributed by atoms with Gasteiger partial charge in [0, 0.05) is 13.7 Å². The van der Waals surface area contributed by atoms with Gasteiger partial charge in [-0.05, 0) is 32.1 Å². The van der Waals surface area contributed by atoms with Crippen LogP contribution in [0, 0.1) is 5.41 Å². The van der Waals surface area contributed by atoms with Crippen molar-refractivity contribution >= 4 is 11.9 Å². The van der Waals surface area contributed by atoms with Crippen LogP contribution in [0.25, 0.3) is 0 Å². The average molecular weight is 292 g/mol. The maximum atomic E-state index is 12.3. The van der Waals surface area contributed by atoms with Gasteiger partial charge < -0.3 is 4.74 Å². The van der Waals surface area contributed by atoms with Gasteiger partial charge in [-0.25, -0.2) is 9.67 Å². The smallest absolute Gasteiger partial charge is 0.248 e. The first-order valence-corrected chi connectivity index (χ1v) is 7.95. The minimum atomic E-state index is -0.244. The third-order valence-corrected chi connectivity index (χ3v) is 4.80. The highest BCUT2D eigenvalue weighted by Gasteiger charge is 2.49. The molecule has 0 aromatic carbocycles. The molecule has 2 aliphatic carbocycles. The summed E-state index contributed by atoms with van der Waals surface area (Å²) in [5, 5.41) is 7.31. The third-order valence-electron chi connectivity index (χ3n) is 4.80. The maximum Gasteiger partial charge on any atom is 0.248 e. The van der Waals surface area contributed by atoms with Crippen LogP contribution in [0.2, 0.25) is 0 Å². The molecule has 2 saturated carbocycles. The number of aromatic nitrogens is 3. The molecule has 1 N–H and O–H groups in total. The third kappa shape index (κ3) is 3.26. The Kier molecular flexibility index (Phi) is 4.24. The van der Waals surface area contributed by atoms with Gasteiger partial charge in [-0.1, -0.05) is 19.3 Å². The fraction of sp³-hybridized carbons (Fsp3) is 0.800. The summed E-state index contributed by atoms with van der Waals surface area (Å²) in [6.45, 7) is 0.622. The van der Waals surface area contributed by atoms with Crippen LogP contribution in [0.1, 0.15) is 57.4 Å². The first-order chi connectivity index (χ1) is 10.2. The van der Waals surface area contributed by atoms with Crippen LogP contribution in [0.4, 0.5) is 5.95 Å². The van der Waals surface area contributed by atoms with E-state index in [1.54, 1.807) is 13.4 Å². The molecule has 0 spiro atoms. The van der Waals surface area contributed by atoms with Gasteiger partial charge in [0.2, 0.25) is 11.9 Å². The molecular formula is C15H24N4O2. The summed E-state index contributed by atoms with van der Waals surface area (Å²) in [5.41, 5.74) is -0.244. The highest BCUT2D eigenvalue weighted by molar-refractivity contribution is 5.95. The van der Waals surface area contributed by atoms with Crippen molar-refractivity contribution in [2.24, 2.45) is 5.41 Å². The van der Waals surface area contributed by atoms with E-state index in [1.807, 2.05) is 4.68 Å². The van der Waals surface area contributed by atoms with Crippen molar-refractivity contribution in [2.45, 2.75) is 57.4 Å². The second-order valence-corrected chi connectivity index (χ2v) is 6.32. The van der Waals surface area contributed by atoms with Crippen LogP contribution in [0.15, 0.2) is 6.33 Å². The van der Waals surface area contributed by atoms with Gasteiger partial charge in [-0.15, -0.1) is 5.10 Å². The van der Waals surface area contributed by atoms with Gasteiger partial charge in [0.15, 0.2) is 0 Å². The van der Waals surface area contributed by atoms with Crippen LogP contribution in [0.3, 0.4) is 0 Å². The standard InChI is InChI=1S/C15H24N4O2/c1-21-10-9-15(7-8-15)13(20)17-14-16-11-19(18-14)12-5-3-2-4-6-12/h11-12H,2-10H2,1H3,(H,17,18,20). The lowest BCUT2D eigenvalue weighted by Crippen LogP contribution is -2.26. The minimum Gasteiger partial charge on any atom is -0.385 e. The Hall–Kier alpha value is -1.43. The van der Waals surface area contributed by atoms with Crippen LogP contribution in [-0.2, 0) is 9.53 Å². The monoisotopic (exact) mass is 292 g/mol. The Morgan fingerprint density at radius 1 is 1.43 bits per heavy atom. The van der Waals surface area contributed by atoms with Gasteiger partial charge >= 0.3 is 0 Å². The molecule has 2 aliphatic rings. The Labute approximate surface area is 125 Å². The SMILES string of the molecule is COCCC1(C(=O)Nc2ncn(C3CCCCC3)n2)CC1. The van der Waals surface area contributed by atoms with Crippen molar-refractivity contribution in [2.75, 3.05) is 19.0 Å². The van der Waals surface area contributed by atoms with Crippen molar-refractivity contribution in [3.63, 3.8) is 0 Å². The lowest BCUT2D eigenvalue weighted by molar-refractivity contribution is -0.121. The highest BCUT2D eigenvalue weighted by Crippen LogP contribution is 2.49. The zero-order valence-corrected chi connectivity index (χ0v) is 12.7. The Morgan fingerprint density at radius 3 is 2.86 bits per heavy atom. The molecule has 0 unspecified atom stereocenters. The van der Waals surface area contributed by atoms with Crippen LogP contribution >= 0.6 is 0 Å². The molecule has 1 amide bonds. The molecule has 2 fully saturated rings. The van der Waals surface area contributed by atoms with Gasteiger partial charge in [0.25, 0.3) is 0 Å². The summed E-state index contributed by atoms with van der Waals surface area (Å²) in [5.74, 6) is 0.482. The first kappa shape index (κ1) is 14.5. The number of amides is 1. The molecule has 0 radical (unpaired) electrons. The van der Waals surface area contributed by atoms with Crippen molar-refractivity contribution in [1.29, 1.82) is 0 Å². The molecule has 1 aromatic heterocycles. The summed E-state index contributed by atoms with van der Waals surface area (Å²) in [6.07, 6.45) is 10.6. The van der Waals surface area contributed by atoms with Crippen molar-refractivity contribution in [3.8, 4) is 0 Å². The average Bonchev–Trinajstić information content (AvgIpc) is 3.18. The van der Waals surface area contributed by atoms with E-state index in [2.05, 4.69) is 15.4 Å². The lowest BCUT2D eigenvalue weighted by atomic mass is 9.96.